The molecule has 4 nitrogen and oxygen atoms in total. The van der Waals surface area contributed by atoms with Crippen molar-refractivity contribution in [3.05, 3.63) is 35.6 Å². The van der Waals surface area contributed by atoms with Crippen molar-refractivity contribution < 1.29 is 19.0 Å². The second-order valence-electron chi connectivity index (χ2n) is 6.80. The molecule has 0 unspecified atom stereocenters. The van der Waals surface area contributed by atoms with Crippen molar-refractivity contribution >= 4 is 5.91 Å². The number of amides is 1. The predicted octanol–water partition coefficient (Wildman–Crippen LogP) is 2.01. The number of halogens is 1. The van der Waals surface area contributed by atoms with Crippen LogP contribution >= 0.6 is 0 Å². The average Bonchev–Trinajstić information content (AvgIpc) is 2.97. The van der Waals surface area contributed by atoms with Crippen molar-refractivity contribution in [1.29, 1.82) is 0 Å². The van der Waals surface area contributed by atoms with Gasteiger partial charge in [-0.25, -0.2) is 4.39 Å². The first-order chi connectivity index (χ1) is 11.1. The summed E-state index contributed by atoms with van der Waals surface area (Å²) in [6, 6.07) is 6.44. The van der Waals surface area contributed by atoms with E-state index in [1.54, 1.807) is 12.1 Å². The minimum absolute atomic E-state index is 0.125. The van der Waals surface area contributed by atoms with Crippen LogP contribution in [0.2, 0.25) is 0 Å². The third-order valence-corrected chi connectivity index (χ3v) is 5.31. The topological polar surface area (TPSA) is 49.8 Å². The molecule has 1 aromatic carbocycles. The lowest BCUT2D eigenvalue weighted by Crippen LogP contribution is -2.41. The van der Waals surface area contributed by atoms with Crippen molar-refractivity contribution in [2.75, 3.05) is 32.9 Å². The summed E-state index contributed by atoms with van der Waals surface area (Å²) < 4.78 is 18.4. The highest BCUT2D eigenvalue weighted by Crippen LogP contribution is 2.41. The van der Waals surface area contributed by atoms with Crippen molar-refractivity contribution in [2.24, 2.45) is 11.3 Å². The van der Waals surface area contributed by atoms with Gasteiger partial charge in [0.1, 0.15) is 5.82 Å². The lowest BCUT2D eigenvalue weighted by atomic mass is 9.75. The highest BCUT2D eigenvalue weighted by molar-refractivity contribution is 5.76. The number of hydrogen-bond donors (Lipinski definition) is 1. The van der Waals surface area contributed by atoms with Gasteiger partial charge in [0.25, 0.3) is 0 Å². The number of carbonyl (C=O) groups excluding carboxylic acids is 1. The predicted molar refractivity (Wildman–Crippen MR) is 84.4 cm³/mol. The summed E-state index contributed by atoms with van der Waals surface area (Å²) in [7, 11) is 0. The Morgan fingerprint density at radius 1 is 1.39 bits per heavy atom. The second kappa shape index (κ2) is 6.97. The Balaban J connectivity index is 1.50. The number of carbonyl (C=O) groups is 1. The lowest BCUT2D eigenvalue weighted by molar-refractivity contribution is -0.130. The maximum atomic E-state index is 12.9. The van der Waals surface area contributed by atoms with E-state index in [-0.39, 0.29) is 29.7 Å². The van der Waals surface area contributed by atoms with E-state index in [2.05, 4.69) is 0 Å². The third-order valence-electron chi connectivity index (χ3n) is 5.31. The zero-order valence-corrected chi connectivity index (χ0v) is 13.3. The summed E-state index contributed by atoms with van der Waals surface area (Å²) in [5.74, 6) is 0.164. The third kappa shape index (κ3) is 3.56. The van der Waals surface area contributed by atoms with Crippen LogP contribution in [0.25, 0.3) is 0 Å². The van der Waals surface area contributed by atoms with Crippen LogP contribution in [0.15, 0.2) is 24.3 Å². The van der Waals surface area contributed by atoms with Gasteiger partial charge in [-0.05, 0) is 37.0 Å². The number of aryl methyl sites for hydroxylation is 1. The van der Waals surface area contributed by atoms with Crippen LogP contribution in [0.4, 0.5) is 4.39 Å². The molecule has 0 bridgehead atoms. The van der Waals surface area contributed by atoms with E-state index in [0.717, 1.165) is 24.8 Å². The number of fused-ring (bicyclic) bond motifs is 1. The zero-order valence-electron chi connectivity index (χ0n) is 13.3. The Bertz CT molecular complexity index is 548. The Kier molecular flexibility index (Phi) is 4.97. The van der Waals surface area contributed by atoms with E-state index in [1.807, 2.05) is 4.90 Å². The van der Waals surface area contributed by atoms with Crippen LogP contribution in [0.1, 0.15) is 24.8 Å². The Hall–Kier alpha value is -1.46. The molecule has 2 saturated heterocycles. The molecule has 126 valence electrons. The van der Waals surface area contributed by atoms with Gasteiger partial charge in [0.05, 0.1) is 13.2 Å². The first-order valence-electron chi connectivity index (χ1n) is 8.34. The number of nitrogens with zero attached hydrogens (tertiary/aromatic N) is 1. The maximum absolute atomic E-state index is 12.9. The standard InChI is InChI=1S/C18H24FNO3/c19-16-6-4-14(5-7-16)2-1-3-17(22)20-10-15-11-23-9-8-18(15,12-20)13-21/h4-7,15,21H,1-3,8-13H2/t15-,18-/m1/s1. The number of likely N-dealkylation sites (tertiary alicyclic amines) is 1. The first-order valence-corrected chi connectivity index (χ1v) is 8.34. The molecule has 0 aromatic heterocycles. The van der Waals surface area contributed by atoms with Crippen molar-refractivity contribution in [1.82, 2.24) is 4.90 Å². The summed E-state index contributed by atoms with van der Waals surface area (Å²) >= 11 is 0. The molecule has 2 fully saturated rings. The summed E-state index contributed by atoms with van der Waals surface area (Å²) in [6.07, 6.45) is 2.85. The van der Waals surface area contributed by atoms with Crippen LogP contribution < -0.4 is 0 Å². The van der Waals surface area contributed by atoms with E-state index >= 15 is 0 Å². The normalized spacial score (nSPS) is 27.0. The molecule has 3 rings (SSSR count). The Labute approximate surface area is 136 Å². The van der Waals surface area contributed by atoms with Gasteiger partial charge in [0.2, 0.25) is 5.91 Å². The largest absolute Gasteiger partial charge is 0.396 e. The van der Waals surface area contributed by atoms with Crippen molar-refractivity contribution in [2.45, 2.75) is 25.7 Å². The molecule has 0 spiro atoms. The summed E-state index contributed by atoms with van der Waals surface area (Å²) in [5.41, 5.74) is 0.889. The van der Waals surface area contributed by atoms with Gasteiger partial charge < -0.3 is 14.7 Å². The van der Waals surface area contributed by atoms with Gasteiger partial charge >= 0.3 is 0 Å². The molecule has 0 radical (unpaired) electrons. The molecule has 2 heterocycles. The van der Waals surface area contributed by atoms with Gasteiger partial charge in [-0.3, -0.25) is 4.79 Å². The van der Waals surface area contributed by atoms with Gasteiger partial charge in [-0.2, -0.15) is 0 Å². The number of hydrogen-bond acceptors (Lipinski definition) is 3. The quantitative estimate of drug-likeness (QED) is 0.902. The minimum atomic E-state index is -0.235. The number of benzene rings is 1. The molecule has 2 aliphatic heterocycles. The van der Waals surface area contributed by atoms with E-state index < -0.39 is 0 Å². The molecule has 1 amide bonds. The summed E-state index contributed by atoms with van der Waals surface area (Å²) in [5, 5.41) is 9.77. The summed E-state index contributed by atoms with van der Waals surface area (Å²) in [4.78, 5) is 14.3. The fraction of sp³-hybridized carbons (Fsp3) is 0.611. The van der Waals surface area contributed by atoms with Gasteiger partial charge in [-0.1, -0.05) is 12.1 Å². The molecule has 1 aromatic rings. The molecule has 5 heteroatoms. The zero-order chi connectivity index (χ0) is 16.3. The Morgan fingerprint density at radius 2 is 2.17 bits per heavy atom. The number of aliphatic hydroxyl groups is 1. The molecule has 23 heavy (non-hydrogen) atoms. The van der Waals surface area contributed by atoms with Gasteiger partial charge in [-0.15, -0.1) is 0 Å². The van der Waals surface area contributed by atoms with E-state index in [9.17, 15) is 14.3 Å². The SMILES string of the molecule is O=C(CCCc1ccc(F)cc1)N1C[C@@H]2COCC[C@]2(CO)C1. The number of aliphatic hydroxyl groups excluding tert-OH is 1. The second-order valence-corrected chi connectivity index (χ2v) is 6.80. The maximum Gasteiger partial charge on any atom is 0.222 e. The van der Waals surface area contributed by atoms with Crippen LogP contribution in [-0.2, 0) is 16.0 Å². The van der Waals surface area contributed by atoms with E-state index in [0.29, 0.717) is 32.7 Å². The van der Waals surface area contributed by atoms with Crippen molar-refractivity contribution in [3.8, 4) is 0 Å². The van der Waals surface area contributed by atoms with E-state index in [1.165, 1.54) is 12.1 Å². The van der Waals surface area contributed by atoms with E-state index in [4.69, 9.17) is 4.74 Å². The van der Waals surface area contributed by atoms with Crippen LogP contribution in [0.5, 0.6) is 0 Å². The fourth-order valence-electron chi connectivity index (χ4n) is 3.75. The molecule has 0 aliphatic carbocycles. The van der Waals surface area contributed by atoms with Gasteiger partial charge in [0.15, 0.2) is 0 Å². The van der Waals surface area contributed by atoms with Gasteiger partial charge in [0, 0.05) is 37.5 Å². The molecular formula is C18H24FNO3. The lowest BCUT2D eigenvalue weighted by Gasteiger charge is -2.36. The number of ether oxygens (including phenoxy) is 1. The average molecular weight is 321 g/mol. The molecule has 2 aliphatic rings. The van der Waals surface area contributed by atoms with Crippen LogP contribution in [0, 0.1) is 17.2 Å². The Morgan fingerprint density at radius 3 is 2.87 bits per heavy atom. The molecule has 1 N–H and O–H groups in total. The first kappa shape index (κ1) is 16.4. The minimum Gasteiger partial charge on any atom is -0.396 e. The highest BCUT2D eigenvalue weighted by atomic mass is 19.1. The molecule has 2 atom stereocenters. The smallest absolute Gasteiger partial charge is 0.222 e. The van der Waals surface area contributed by atoms with Crippen molar-refractivity contribution in [3.63, 3.8) is 0 Å². The molecule has 0 saturated carbocycles. The molecular weight excluding hydrogens is 297 g/mol. The number of rotatable bonds is 5. The van der Waals surface area contributed by atoms with Crippen LogP contribution in [0.3, 0.4) is 0 Å². The van der Waals surface area contributed by atoms with Crippen LogP contribution in [-0.4, -0.2) is 48.8 Å². The monoisotopic (exact) mass is 321 g/mol. The summed E-state index contributed by atoms with van der Waals surface area (Å²) in [6.45, 7) is 2.77. The highest BCUT2D eigenvalue weighted by Gasteiger charge is 2.48. The fourth-order valence-corrected chi connectivity index (χ4v) is 3.75.